The van der Waals surface area contributed by atoms with Crippen molar-refractivity contribution in [1.82, 2.24) is 30.4 Å². The van der Waals surface area contributed by atoms with Crippen LogP contribution in [0, 0.1) is 0 Å². The summed E-state index contributed by atoms with van der Waals surface area (Å²) in [4.78, 5) is 15.1. The van der Waals surface area contributed by atoms with Crippen LogP contribution in [0.15, 0.2) is 0 Å². The summed E-state index contributed by atoms with van der Waals surface area (Å²) in [5.74, 6) is -0.119. The average molecular weight is 198 g/mol. The van der Waals surface area contributed by atoms with E-state index in [1.807, 2.05) is 19.0 Å². The Kier molecular flexibility index (Phi) is 3.52. The number of H-pyrrole nitrogens is 1. The standard InChI is InChI=1S/C7H14N6O/c1-12(2)4-5-13(3)7(14)6-8-10-11-9-6/h4-5H2,1-3H3,(H,8,9,10,11). The van der Waals surface area contributed by atoms with Crippen LogP contribution in [0.1, 0.15) is 10.6 Å². The Hall–Kier alpha value is -1.50. The van der Waals surface area contributed by atoms with Crippen LogP contribution in [0.25, 0.3) is 0 Å². The number of aromatic amines is 1. The third kappa shape index (κ3) is 2.77. The molecule has 0 radical (unpaired) electrons. The normalized spacial score (nSPS) is 10.6. The molecule has 0 saturated carbocycles. The Morgan fingerprint density at radius 3 is 2.57 bits per heavy atom. The molecule has 0 spiro atoms. The van der Waals surface area contributed by atoms with E-state index in [2.05, 4.69) is 20.6 Å². The number of nitrogens with zero attached hydrogens (tertiary/aromatic N) is 5. The first-order chi connectivity index (χ1) is 6.61. The van der Waals surface area contributed by atoms with Gasteiger partial charge < -0.3 is 9.80 Å². The van der Waals surface area contributed by atoms with Gasteiger partial charge in [-0.3, -0.25) is 4.79 Å². The minimum Gasteiger partial charge on any atom is -0.338 e. The zero-order valence-corrected chi connectivity index (χ0v) is 8.56. The minimum atomic E-state index is -0.222. The van der Waals surface area contributed by atoms with Crippen LogP contribution in [0.2, 0.25) is 0 Å². The number of amides is 1. The van der Waals surface area contributed by atoms with E-state index < -0.39 is 0 Å². The van der Waals surface area contributed by atoms with Crippen molar-refractivity contribution < 1.29 is 4.79 Å². The van der Waals surface area contributed by atoms with Crippen molar-refractivity contribution in [3.05, 3.63) is 5.82 Å². The summed E-state index contributed by atoms with van der Waals surface area (Å²) in [6, 6.07) is 0. The lowest BCUT2D eigenvalue weighted by atomic mass is 10.4. The Bertz CT molecular complexity index is 282. The molecule has 1 aromatic heterocycles. The number of rotatable bonds is 4. The van der Waals surface area contributed by atoms with E-state index in [0.717, 1.165) is 6.54 Å². The van der Waals surface area contributed by atoms with E-state index in [-0.39, 0.29) is 11.7 Å². The topological polar surface area (TPSA) is 78.0 Å². The van der Waals surface area contributed by atoms with Crippen LogP contribution in [0.5, 0.6) is 0 Å². The van der Waals surface area contributed by atoms with Crippen LogP contribution in [0.4, 0.5) is 0 Å². The fourth-order valence-electron chi connectivity index (χ4n) is 0.875. The number of tetrazole rings is 1. The summed E-state index contributed by atoms with van der Waals surface area (Å²) in [6.07, 6.45) is 0. The number of carbonyl (C=O) groups is 1. The third-order valence-corrected chi connectivity index (χ3v) is 1.77. The van der Waals surface area contributed by atoms with Gasteiger partial charge in [0, 0.05) is 20.1 Å². The van der Waals surface area contributed by atoms with Crippen molar-refractivity contribution in [3.8, 4) is 0 Å². The second-order valence-corrected chi connectivity index (χ2v) is 3.27. The SMILES string of the molecule is CN(C)CCN(C)C(=O)c1nn[nH]n1. The maximum atomic E-state index is 11.5. The molecule has 0 saturated heterocycles. The number of hydrogen-bond acceptors (Lipinski definition) is 5. The van der Waals surface area contributed by atoms with E-state index in [9.17, 15) is 4.79 Å². The molecular weight excluding hydrogens is 184 g/mol. The highest BCUT2D eigenvalue weighted by atomic mass is 16.2. The zero-order chi connectivity index (χ0) is 10.6. The van der Waals surface area contributed by atoms with Gasteiger partial charge >= 0.3 is 0 Å². The molecule has 7 heteroatoms. The van der Waals surface area contributed by atoms with Gasteiger partial charge in [0.05, 0.1) is 0 Å². The molecule has 0 aromatic carbocycles. The van der Waals surface area contributed by atoms with Crippen molar-refractivity contribution in [1.29, 1.82) is 0 Å². The van der Waals surface area contributed by atoms with E-state index in [1.54, 1.807) is 11.9 Å². The fraction of sp³-hybridized carbons (Fsp3) is 0.714. The quantitative estimate of drug-likeness (QED) is 0.659. The van der Waals surface area contributed by atoms with Crippen molar-refractivity contribution in [2.75, 3.05) is 34.2 Å². The molecule has 1 rings (SSSR count). The molecule has 0 aliphatic carbocycles. The molecule has 14 heavy (non-hydrogen) atoms. The summed E-state index contributed by atoms with van der Waals surface area (Å²) in [7, 11) is 5.61. The van der Waals surface area contributed by atoms with Crippen molar-refractivity contribution >= 4 is 5.91 Å². The van der Waals surface area contributed by atoms with Crippen LogP contribution in [-0.4, -0.2) is 70.6 Å². The maximum absolute atomic E-state index is 11.5. The molecule has 0 unspecified atom stereocenters. The lowest BCUT2D eigenvalue weighted by Gasteiger charge is -2.17. The molecule has 0 fully saturated rings. The molecule has 7 nitrogen and oxygen atoms in total. The number of likely N-dealkylation sites (N-methyl/N-ethyl adjacent to an activating group) is 2. The number of aromatic nitrogens is 4. The van der Waals surface area contributed by atoms with Gasteiger partial charge in [0.25, 0.3) is 11.7 Å². The Morgan fingerprint density at radius 1 is 1.36 bits per heavy atom. The van der Waals surface area contributed by atoms with Crippen molar-refractivity contribution in [2.24, 2.45) is 0 Å². The molecule has 0 aliphatic heterocycles. The monoisotopic (exact) mass is 198 g/mol. The van der Waals surface area contributed by atoms with Crippen LogP contribution in [-0.2, 0) is 0 Å². The highest BCUT2D eigenvalue weighted by Crippen LogP contribution is 1.93. The lowest BCUT2D eigenvalue weighted by molar-refractivity contribution is 0.0774. The molecule has 0 atom stereocenters. The minimum absolute atomic E-state index is 0.103. The first-order valence-electron chi connectivity index (χ1n) is 4.25. The largest absolute Gasteiger partial charge is 0.338 e. The smallest absolute Gasteiger partial charge is 0.295 e. The Morgan fingerprint density at radius 2 is 2.07 bits per heavy atom. The molecule has 0 bridgehead atoms. The summed E-state index contributed by atoms with van der Waals surface area (Å²) >= 11 is 0. The predicted octanol–water partition coefficient (Wildman–Crippen LogP) is -1.17. The molecule has 1 aromatic rings. The fourth-order valence-corrected chi connectivity index (χ4v) is 0.875. The summed E-state index contributed by atoms with van der Waals surface area (Å²) in [5.41, 5.74) is 0. The highest BCUT2D eigenvalue weighted by molar-refractivity contribution is 5.89. The molecule has 0 aliphatic rings. The van der Waals surface area contributed by atoms with Gasteiger partial charge in [-0.15, -0.1) is 10.2 Å². The van der Waals surface area contributed by atoms with E-state index in [4.69, 9.17) is 0 Å². The summed E-state index contributed by atoms with van der Waals surface area (Å²) < 4.78 is 0. The van der Waals surface area contributed by atoms with Gasteiger partial charge in [-0.05, 0) is 19.3 Å². The second kappa shape index (κ2) is 4.66. The van der Waals surface area contributed by atoms with Crippen LogP contribution < -0.4 is 0 Å². The van der Waals surface area contributed by atoms with Crippen molar-refractivity contribution in [3.63, 3.8) is 0 Å². The van der Waals surface area contributed by atoms with Gasteiger partial charge in [0.15, 0.2) is 0 Å². The first kappa shape index (κ1) is 10.6. The highest BCUT2D eigenvalue weighted by Gasteiger charge is 2.15. The summed E-state index contributed by atoms with van der Waals surface area (Å²) in [6.45, 7) is 1.44. The summed E-state index contributed by atoms with van der Waals surface area (Å²) in [5, 5.41) is 12.8. The predicted molar refractivity (Wildman–Crippen MR) is 49.7 cm³/mol. The van der Waals surface area contributed by atoms with Gasteiger partial charge in [-0.25, -0.2) is 0 Å². The molecule has 78 valence electrons. The van der Waals surface area contributed by atoms with E-state index in [1.165, 1.54) is 0 Å². The molecule has 1 amide bonds. The maximum Gasteiger partial charge on any atom is 0.295 e. The van der Waals surface area contributed by atoms with Gasteiger partial charge in [0.2, 0.25) is 0 Å². The van der Waals surface area contributed by atoms with E-state index in [0.29, 0.717) is 6.54 Å². The van der Waals surface area contributed by atoms with Crippen LogP contribution in [0.3, 0.4) is 0 Å². The average Bonchev–Trinajstić information content (AvgIpc) is 2.65. The zero-order valence-electron chi connectivity index (χ0n) is 8.56. The number of carbonyl (C=O) groups excluding carboxylic acids is 1. The molecular formula is C7H14N6O. The number of hydrogen-bond donors (Lipinski definition) is 1. The Balaban J connectivity index is 2.45. The first-order valence-corrected chi connectivity index (χ1v) is 4.25. The van der Waals surface area contributed by atoms with Gasteiger partial charge in [-0.1, -0.05) is 0 Å². The molecule has 1 heterocycles. The Labute approximate surface area is 82.1 Å². The third-order valence-electron chi connectivity index (χ3n) is 1.77. The second-order valence-electron chi connectivity index (χ2n) is 3.27. The van der Waals surface area contributed by atoms with E-state index >= 15 is 0 Å². The van der Waals surface area contributed by atoms with Gasteiger partial charge in [-0.2, -0.15) is 5.21 Å². The van der Waals surface area contributed by atoms with Gasteiger partial charge in [0.1, 0.15) is 0 Å². The van der Waals surface area contributed by atoms with Crippen molar-refractivity contribution in [2.45, 2.75) is 0 Å². The van der Waals surface area contributed by atoms with Crippen LogP contribution >= 0.6 is 0 Å². The lowest BCUT2D eigenvalue weighted by Crippen LogP contribution is -2.34. The molecule has 1 N–H and O–H groups in total. The number of nitrogens with one attached hydrogen (secondary N) is 1.